The molecule has 8 heteroatoms. The molecule has 0 saturated heterocycles. The SMILES string of the molecule is CCC(N)=CC(CN/C(=C\C(N)Cl)c1ccc(F)cc1[C@@H](C)O)=NCc1ccc(OC)cc1. The lowest BCUT2D eigenvalue weighted by atomic mass is 9.99. The molecule has 0 fully saturated rings. The van der Waals surface area contributed by atoms with Gasteiger partial charge in [0.25, 0.3) is 0 Å². The molecule has 2 rings (SSSR count). The standard InChI is InChI=1S/C25H32ClFN4O2/c1-4-19(28)12-20(30-14-17-5-8-21(33-3)9-6-17)15-31-24(13-25(26)29)22-10-7-18(27)11-23(22)16(2)32/h5-13,16,25,31-32H,4,14-15,28-29H2,1-3H3/b19-12?,24-13-,30-20?/t16-,25?/m1/s1. The number of aliphatic hydroxyl groups is 1. The maximum Gasteiger partial charge on any atom is 0.123 e. The van der Waals surface area contributed by atoms with E-state index in [4.69, 9.17) is 32.8 Å². The second-order valence-corrected chi connectivity index (χ2v) is 8.02. The Morgan fingerprint density at radius 3 is 2.55 bits per heavy atom. The Kier molecular flexibility index (Phi) is 10.4. The number of nitrogens with zero attached hydrogens (tertiary/aromatic N) is 1. The van der Waals surface area contributed by atoms with Gasteiger partial charge in [-0.3, -0.25) is 4.99 Å². The number of aliphatic imine (C=N–C) groups is 1. The van der Waals surface area contributed by atoms with Crippen LogP contribution in [-0.2, 0) is 6.54 Å². The number of alkyl halides is 1. The van der Waals surface area contributed by atoms with Crippen molar-refractivity contribution >= 4 is 23.0 Å². The fourth-order valence-corrected chi connectivity index (χ4v) is 3.23. The molecule has 0 amide bonds. The second-order valence-electron chi connectivity index (χ2n) is 7.51. The largest absolute Gasteiger partial charge is 0.497 e. The van der Waals surface area contributed by atoms with Crippen molar-refractivity contribution in [1.82, 2.24) is 5.32 Å². The van der Waals surface area contributed by atoms with E-state index in [-0.39, 0.29) is 0 Å². The monoisotopic (exact) mass is 474 g/mol. The zero-order valence-corrected chi connectivity index (χ0v) is 19.9. The first-order chi connectivity index (χ1) is 15.7. The van der Waals surface area contributed by atoms with Crippen molar-refractivity contribution in [3.05, 3.63) is 82.8 Å². The summed E-state index contributed by atoms with van der Waals surface area (Å²) in [6.07, 6.45) is 3.23. The average molecular weight is 475 g/mol. The normalized spacial score (nSPS) is 14.7. The summed E-state index contributed by atoms with van der Waals surface area (Å²) in [6.45, 7) is 4.32. The highest BCUT2D eigenvalue weighted by atomic mass is 35.5. The summed E-state index contributed by atoms with van der Waals surface area (Å²) in [4.78, 5) is 4.71. The third-order valence-electron chi connectivity index (χ3n) is 4.92. The van der Waals surface area contributed by atoms with Gasteiger partial charge in [-0.25, -0.2) is 4.39 Å². The van der Waals surface area contributed by atoms with Crippen LogP contribution in [0.25, 0.3) is 5.70 Å². The van der Waals surface area contributed by atoms with Gasteiger partial charge in [0.05, 0.1) is 32.0 Å². The van der Waals surface area contributed by atoms with Crippen molar-refractivity contribution in [3.8, 4) is 5.75 Å². The van der Waals surface area contributed by atoms with Crippen LogP contribution in [-0.4, -0.2) is 30.0 Å². The molecule has 2 aromatic carbocycles. The molecule has 0 aromatic heterocycles. The summed E-state index contributed by atoms with van der Waals surface area (Å²) >= 11 is 6.03. The van der Waals surface area contributed by atoms with Gasteiger partial charge >= 0.3 is 0 Å². The highest BCUT2D eigenvalue weighted by Gasteiger charge is 2.14. The minimum absolute atomic E-state index is 0.322. The fourth-order valence-electron chi connectivity index (χ4n) is 3.11. The lowest BCUT2D eigenvalue weighted by molar-refractivity contribution is 0.198. The van der Waals surface area contributed by atoms with Crippen LogP contribution in [0.1, 0.15) is 43.1 Å². The third-order valence-corrected chi connectivity index (χ3v) is 5.05. The zero-order valence-electron chi connectivity index (χ0n) is 19.2. The van der Waals surface area contributed by atoms with Crippen LogP contribution >= 0.6 is 11.6 Å². The van der Waals surface area contributed by atoms with Crippen molar-refractivity contribution in [3.63, 3.8) is 0 Å². The number of nitrogens with one attached hydrogen (secondary N) is 1. The molecule has 0 bridgehead atoms. The number of aliphatic hydroxyl groups excluding tert-OH is 1. The number of nitrogens with two attached hydrogens (primary N) is 2. The highest BCUT2D eigenvalue weighted by molar-refractivity contribution is 6.21. The van der Waals surface area contributed by atoms with Crippen molar-refractivity contribution in [2.75, 3.05) is 13.7 Å². The van der Waals surface area contributed by atoms with Gasteiger partial charge in [-0.2, -0.15) is 0 Å². The number of allylic oxidation sites excluding steroid dienone is 1. The van der Waals surface area contributed by atoms with Crippen LogP contribution in [0.2, 0.25) is 0 Å². The quantitative estimate of drug-likeness (QED) is 0.221. The summed E-state index contributed by atoms with van der Waals surface area (Å²) in [5, 5.41) is 13.4. The molecule has 6 N–H and O–H groups in total. The van der Waals surface area contributed by atoms with E-state index in [0.29, 0.717) is 42.0 Å². The van der Waals surface area contributed by atoms with Crippen molar-refractivity contribution in [2.24, 2.45) is 16.5 Å². The highest BCUT2D eigenvalue weighted by Crippen LogP contribution is 2.25. The van der Waals surface area contributed by atoms with Gasteiger partial charge in [0.2, 0.25) is 0 Å². The van der Waals surface area contributed by atoms with Gasteiger partial charge in [0, 0.05) is 17.0 Å². The zero-order chi connectivity index (χ0) is 24.4. The smallest absolute Gasteiger partial charge is 0.123 e. The molecule has 0 heterocycles. The predicted molar refractivity (Wildman–Crippen MR) is 134 cm³/mol. The molecule has 2 atom stereocenters. The number of hydrogen-bond donors (Lipinski definition) is 4. The first-order valence-electron chi connectivity index (χ1n) is 10.7. The third kappa shape index (κ3) is 8.53. The Hall–Kier alpha value is -2.87. The van der Waals surface area contributed by atoms with Gasteiger partial charge in [-0.05, 0) is 67.0 Å². The van der Waals surface area contributed by atoms with Gasteiger partial charge in [-0.15, -0.1) is 11.6 Å². The molecule has 0 aliphatic carbocycles. The van der Waals surface area contributed by atoms with E-state index in [1.165, 1.54) is 12.1 Å². The molecule has 33 heavy (non-hydrogen) atoms. The molecule has 178 valence electrons. The molecule has 0 aliphatic rings. The molecule has 0 spiro atoms. The van der Waals surface area contributed by atoms with E-state index in [0.717, 1.165) is 17.0 Å². The van der Waals surface area contributed by atoms with Gasteiger partial charge < -0.3 is 26.6 Å². The number of hydrogen-bond acceptors (Lipinski definition) is 6. The molecule has 2 aromatic rings. The minimum atomic E-state index is -0.883. The minimum Gasteiger partial charge on any atom is -0.497 e. The second kappa shape index (κ2) is 13.0. The lowest BCUT2D eigenvalue weighted by Crippen LogP contribution is -2.24. The van der Waals surface area contributed by atoms with Crippen molar-refractivity contribution in [1.29, 1.82) is 0 Å². The van der Waals surface area contributed by atoms with E-state index < -0.39 is 17.4 Å². The Morgan fingerprint density at radius 2 is 1.97 bits per heavy atom. The number of halogens is 2. The topological polar surface area (TPSA) is 106 Å². The van der Waals surface area contributed by atoms with Gasteiger partial charge in [0.15, 0.2) is 0 Å². The van der Waals surface area contributed by atoms with E-state index in [9.17, 15) is 9.50 Å². The molecular formula is C25H32ClFN4O2. The maximum absolute atomic E-state index is 13.8. The molecular weight excluding hydrogens is 443 g/mol. The Bertz CT molecular complexity index is 1000. The molecule has 1 unspecified atom stereocenters. The summed E-state index contributed by atoms with van der Waals surface area (Å²) < 4.78 is 19.0. The molecule has 0 aliphatic heterocycles. The number of methoxy groups -OCH3 is 1. The number of ether oxygens (including phenoxy) is 1. The van der Waals surface area contributed by atoms with Gasteiger partial charge in [0.1, 0.15) is 17.1 Å². The predicted octanol–water partition coefficient (Wildman–Crippen LogP) is 4.24. The van der Waals surface area contributed by atoms with Crippen LogP contribution in [0.15, 0.2) is 65.3 Å². The van der Waals surface area contributed by atoms with Crippen LogP contribution in [0.4, 0.5) is 4.39 Å². The van der Waals surface area contributed by atoms with Gasteiger partial charge in [-0.1, -0.05) is 19.1 Å². The molecule has 0 radical (unpaired) electrons. The molecule has 6 nitrogen and oxygen atoms in total. The average Bonchev–Trinajstić information content (AvgIpc) is 2.79. The fraction of sp³-hybridized carbons (Fsp3) is 0.320. The summed E-state index contributed by atoms with van der Waals surface area (Å²) in [7, 11) is 1.62. The first-order valence-corrected chi connectivity index (χ1v) is 11.1. The van der Waals surface area contributed by atoms with Crippen LogP contribution in [0.3, 0.4) is 0 Å². The van der Waals surface area contributed by atoms with Crippen molar-refractivity contribution < 1.29 is 14.2 Å². The maximum atomic E-state index is 13.8. The van der Waals surface area contributed by atoms with Crippen LogP contribution in [0.5, 0.6) is 5.75 Å². The Morgan fingerprint density at radius 1 is 1.27 bits per heavy atom. The van der Waals surface area contributed by atoms with E-state index in [1.54, 1.807) is 26.2 Å². The first kappa shape index (κ1) is 26.4. The Labute approximate surface area is 199 Å². The van der Waals surface area contributed by atoms with E-state index in [1.807, 2.05) is 37.3 Å². The summed E-state index contributed by atoms with van der Waals surface area (Å²) in [6, 6.07) is 11.9. The summed E-state index contributed by atoms with van der Waals surface area (Å²) in [5.74, 6) is 0.338. The molecule has 0 saturated carbocycles. The van der Waals surface area contributed by atoms with Crippen LogP contribution < -0.4 is 21.5 Å². The lowest BCUT2D eigenvalue weighted by Gasteiger charge is -2.18. The van der Waals surface area contributed by atoms with Crippen molar-refractivity contribution in [2.45, 2.75) is 38.4 Å². The Balaban J connectivity index is 2.31. The number of rotatable bonds is 11. The number of benzene rings is 2. The van der Waals surface area contributed by atoms with Crippen LogP contribution in [0, 0.1) is 5.82 Å². The van der Waals surface area contributed by atoms with E-state index >= 15 is 0 Å². The van der Waals surface area contributed by atoms with E-state index in [2.05, 4.69) is 5.32 Å². The summed E-state index contributed by atoms with van der Waals surface area (Å²) in [5.41, 5.74) is 15.1.